The number of hydrogen-bond donors (Lipinski definition) is 0. The van der Waals surface area contributed by atoms with Crippen LogP contribution in [0.3, 0.4) is 0 Å². The van der Waals surface area contributed by atoms with E-state index in [1.807, 2.05) is 0 Å². The van der Waals surface area contributed by atoms with Crippen molar-refractivity contribution in [3.63, 3.8) is 0 Å². The van der Waals surface area contributed by atoms with Gasteiger partial charge < -0.3 is 9.47 Å². The lowest BCUT2D eigenvalue weighted by Crippen LogP contribution is -2.35. The molecule has 0 spiro atoms. The zero-order chi connectivity index (χ0) is 18.2. The fourth-order valence-electron chi connectivity index (χ4n) is 2.63. The Kier molecular flexibility index (Phi) is 4.22. The molecular formula is C17H15NO6S. The van der Waals surface area contributed by atoms with Gasteiger partial charge in [0.15, 0.2) is 5.78 Å². The van der Waals surface area contributed by atoms with E-state index in [-0.39, 0.29) is 21.8 Å². The lowest BCUT2D eigenvalue weighted by Gasteiger charge is -2.15. The lowest BCUT2D eigenvalue weighted by atomic mass is 10.1. The molecule has 1 amide bonds. The van der Waals surface area contributed by atoms with Crippen LogP contribution in [0.25, 0.3) is 0 Å². The molecule has 0 radical (unpaired) electrons. The smallest absolute Gasteiger partial charge is 0.269 e. The van der Waals surface area contributed by atoms with Crippen molar-refractivity contribution >= 4 is 21.7 Å². The van der Waals surface area contributed by atoms with E-state index in [1.165, 1.54) is 38.5 Å². The van der Waals surface area contributed by atoms with Crippen molar-refractivity contribution in [2.75, 3.05) is 20.8 Å². The highest BCUT2D eigenvalue weighted by atomic mass is 32.2. The normalized spacial score (nSPS) is 15.0. The number of ether oxygens (including phenoxy) is 2. The minimum atomic E-state index is -4.04. The SMILES string of the molecule is COc1ccc(OC)c(C(=O)CN2C(=O)c3ccccc3S2(=O)=O)c1. The first-order valence-electron chi connectivity index (χ1n) is 7.31. The molecule has 0 unspecified atom stereocenters. The van der Waals surface area contributed by atoms with Gasteiger partial charge in [0.1, 0.15) is 22.9 Å². The quantitative estimate of drug-likeness (QED) is 0.754. The Morgan fingerprint density at radius 3 is 2.44 bits per heavy atom. The number of Topliss-reactive ketones (excluding diaryl/α,β-unsaturated/α-hetero) is 1. The summed E-state index contributed by atoms with van der Waals surface area (Å²) in [5.41, 5.74) is 0.203. The molecule has 0 fully saturated rings. The maximum absolute atomic E-state index is 12.6. The number of benzene rings is 2. The molecule has 0 saturated carbocycles. The van der Waals surface area contributed by atoms with Crippen molar-refractivity contribution in [1.29, 1.82) is 0 Å². The summed E-state index contributed by atoms with van der Waals surface area (Å²) in [6.45, 7) is -0.612. The molecule has 0 atom stereocenters. The average Bonchev–Trinajstić information content (AvgIpc) is 2.82. The van der Waals surface area contributed by atoms with Crippen molar-refractivity contribution in [3.8, 4) is 11.5 Å². The standard InChI is InChI=1S/C17H15NO6S/c1-23-11-7-8-15(24-2)13(9-11)14(19)10-18-17(20)12-5-3-4-6-16(12)25(18,21)22/h3-9H,10H2,1-2H3. The third kappa shape index (κ3) is 2.74. The van der Waals surface area contributed by atoms with E-state index in [0.717, 1.165) is 0 Å². The molecule has 0 saturated heterocycles. The Labute approximate surface area is 144 Å². The van der Waals surface area contributed by atoms with Crippen LogP contribution in [0.5, 0.6) is 11.5 Å². The van der Waals surface area contributed by atoms with Crippen LogP contribution in [0.4, 0.5) is 0 Å². The number of hydrogen-bond acceptors (Lipinski definition) is 6. The van der Waals surface area contributed by atoms with Crippen molar-refractivity contribution < 1.29 is 27.5 Å². The average molecular weight is 361 g/mol. The highest BCUT2D eigenvalue weighted by Crippen LogP contribution is 2.31. The summed E-state index contributed by atoms with van der Waals surface area (Å²) in [5, 5.41) is 0. The number of rotatable bonds is 5. The van der Waals surface area contributed by atoms with Crippen molar-refractivity contribution in [3.05, 3.63) is 53.6 Å². The second kappa shape index (κ2) is 6.21. The molecule has 25 heavy (non-hydrogen) atoms. The zero-order valence-electron chi connectivity index (χ0n) is 13.6. The van der Waals surface area contributed by atoms with Crippen LogP contribution in [0.15, 0.2) is 47.4 Å². The number of carbonyl (C=O) groups is 2. The van der Waals surface area contributed by atoms with Crippen molar-refractivity contribution in [2.45, 2.75) is 4.90 Å². The van der Waals surface area contributed by atoms with Crippen LogP contribution in [0.1, 0.15) is 20.7 Å². The Hall–Kier alpha value is -2.87. The van der Waals surface area contributed by atoms with Gasteiger partial charge in [0.2, 0.25) is 0 Å². The maximum Gasteiger partial charge on any atom is 0.269 e. The molecule has 1 aliphatic rings. The van der Waals surface area contributed by atoms with Crippen LogP contribution in [0.2, 0.25) is 0 Å². The highest BCUT2D eigenvalue weighted by Gasteiger charge is 2.42. The van der Waals surface area contributed by atoms with Crippen LogP contribution >= 0.6 is 0 Å². The second-order valence-corrected chi connectivity index (χ2v) is 7.13. The van der Waals surface area contributed by atoms with Crippen LogP contribution < -0.4 is 9.47 Å². The van der Waals surface area contributed by atoms with Crippen molar-refractivity contribution in [1.82, 2.24) is 4.31 Å². The van der Waals surface area contributed by atoms with E-state index in [1.54, 1.807) is 18.2 Å². The number of methoxy groups -OCH3 is 2. The fourth-order valence-corrected chi connectivity index (χ4v) is 4.16. The summed E-state index contributed by atoms with van der Waals surface area (Å²) in [6.07, 6.45) is 0. The van der Waals surface area contributed by atoms with Crippen molar-refractivity contribution in [2.24, 2.45) is 0 Å². The summed E-state index contributed by atoms with van der Waals surface area (Å²) >= 11 is 0. The highest BCUT2D eigenvalue weighted by molar-refractivity contribution is 7.90. The van der Waals surface area contributed by atoms with Gasteiger partial charge in [-0.25, -0.2) is 12.7 Å². The number of ketones is 1. The van der Waals surface area contributed by atoms with E-state index in [4.69, 9.17) is 9.47 Å². The Bertz CT molecular complexity index is 967. The third-order valence-corrected chi connectivity index (χ3v) is 5.69. The Balaban J connectivity index is 1.96. The molecule has 0 aromatic heterocycles. The predicted molar refractivity (Wildman–Crippen MR) is 88.5 cm³/mol. The first kappa shape index (κ1) is 17.0. The van der Waals surface area contributed by atoms with Crippen LogP contribution in [0, 0.1) is 0 Å². The molecule has 0 bridgehead atoms. The summed E-state index contributed by atoms with van der Waals surface area (Å²) in [7, 11) is -1.20. The molecule has 0 N–H and O–H groups in total. The first-order valence-corrected chi connectivity index (χ1v) is 8.75. The number of nitrogens with zero attached hydrogens (tertiary/aromatic N) is 1. The van der Waals surface area contributed by atoms with Gasteiger partial charge in [-0.2, -0.15) is 0 Å². The van der Waals surface area contributed by atoms with Gasteiger partial charge in [-0.1, -0.05) is 12.1 Å². The van der Waals surface area contributed by atoms with Gasteiger partial charge in [0, 0.05) is 0 Å². The third-order valence-electron chi connectivity index (χ3n) is 3.91. The monoisotopic (exact) mass is 361 g/mol. The van der Waals surface area contributed by atoms with E-state index in [9.17, 15) is 18.0 Å². The number of sulfonamides is 1. The fraction of sp³-hybridized carbons (Fsp3) is 0.176. The maximum atomic E-state index is 12.6. The van der Waals surface area contributed by atoms with Gasteiger partial charge in [0.25, 0.3) is 15.9 Å². The van der Waals surface area contributed by atoms with Gasteiger partial charge in [-0.15, -0.1) is 0 Å². The molecule has 2 aromatic carbocycles. The van der Waals surface area contributed by atoms with Crippen LogP contribution in [-0.2, 0) is 10.0 Å². The van der Waals surface area contributed by atoms with Gasteiger partial charge in [-0.3, -0.25) is 9.59 Å². The van der Waals surface area contributed by atoms with E-state index in [2.05, 4.69) is 0 Å². The van der Waals surface area contributed by atoms with Gasteiger partial charge >= 0.3 is 0 Å². The Morgan fingerprint density at radius 2 is 1.80 bits per heavy atom. The van der Waals surface area contributed by atoms with Crippen LogP contribution in [-0.4, -0.2) is 45.2 Å². The number of carbonyl (C=O) groups excluding carboxylic acids is 2. The number of amides is 1. The summed E-state index contributed by atoms with van der Waals surface area (Å²) in [4.78, 5) is 24.9. The second-order valence-electron chi connectivity index (χ2n) is 5.30. The summed E-state index contributed by atoms with van der Waals surface area (Å²) < 4.78 is 35.9. The largest absolute Gasteiger partial charge is 0.497 e. The molecule has 1 aliphatic heterocycles. The van der Waals surface area contributed by atoms with Gasteiger partial charge in [0.05, 0.1) is 25.3 Å². The molecule has 2 aromatic rings. The number of fused-ring (bicyclic) bond motifs is 1. The lowest BCUT2D eigenvalue weighted by molar-refractivity contribution is 0.0819. The zero-order valence-corrected chi connectivity index (χ0v) is 14.4. The predicted octanol–water partition coefficient (Wildman–Crippen LogP) is 1.73. The topological polar surface area (TPSA) is 90.0 Å². The van der Waals surface area contributed by atoms with E-state index < -0.39 is 28.3 Å². The molecule has 1 heterocycles. The molecule has 7 nitrogen and oxygen atoms in total. The minimum absolute atomic E-state index is 0.0629. The Morgan fingerprint density at radius 1 is 1.08 bits per heavy atom. The summed E-state index contributed by atoms with van der Waals surface area (Å²) in [6, 6.07) is 10.5. The minimum Gasteiger partial charge on any atom is -0.497 e. The van der Waals surface area contributed by atoms with Gasteiger partial charge in [-0.05, 0) is 30.3 Å². The van der Waals surface area contributed by atoms with E-state index in [0.29, 0.717) is 10.1 Å². The molecular weight excluding hydrogens is 346 g/mol. The molecule has 8 heteroatoms. The molecule has 0 aliphatic carbocycles. The van der Waals surface area contributed by atoms with E-state index >= 15 is 0 Å². The first-order chi connectivity index (χ1) is 11.9. The molecule has 130 valence electrons. The summed E-state index contributed by atoms with van der Waals surface area (Å²) in [5.74, 6) is -0.596. The molecule has 3 rings (SSSR count).